The van der Waals surface area contributed by atoms with Crippen LogP contribution >= 0.6 is 0 Å². The summed E-state index contributed by atoms with van der Waals surface area (Å²) in [4.78, 5) is 23.6. The first-order chi connectivity index (χ1) is 9.20. The van der Waals surface area contributed by atoms with E-state index in [0.29, 0.717) is 11.1 Å². The van der Waals surface area contributed by atoms with Gasteiger partial charge in [0.25, 0.3) is 0 Å². The summed E-state index contributed by atoms with van der Waals surface area (Å²) in [6, 6.07) is 16.3. The molecule has 0 aromatic heterocycles. The molecule has 0 heterocycles. The van der Waals surface area contributed by atoms with Crippen LogP contribution in [0.15, 0.2) is 54.6 Å². The third kappa shape index (κ3) is 3.28. The van der Waals surface area contributed by atoms with E-state index < -0.39 is 0 Å². The Labute approximate surface area is 112 Å². The first-order valence-electron chi connectivity index (χ1n) is 6.10. The maximum atomic E-state index is 12.3. The Hall–Kier alpha value is -2.42. The SMILES string of the molecule is CNC(=O)Cc1cccc(C(=O)c2ccccc2)c1. The maximum Gasteiger partial charge on any atom is 0.224 e. The van der Waals surface area contributed by atoms with Crippen LogP contribution in [0, 0.1) is 0 Å². The smallest absolute Gasteiger partial charge is 0.224 e. The van der Waals surface area contributed by atoms with Crippen molar-refractivity contribution in [2.24, 2.45) is 0 Å². The van der Waals surface area contributed by atoms with Gasteiger partial charge < -0.3 is 5.32 Å². The number of likely N-dealkylation sites (N-methyl/N-ethyl adjacent to an activating group) is 1. The third-order valence-corrected chi connectivity index (χ3v) is 2.87. The molecule has 0 bridgehead atoms. The average Bonchev–Trinajstić information content (AvgIpc) is 2.47. The summed E-state index contributed by atoms with van der Waals surface area (Å²) in [7, 11) is 1.60. The Bertz CT molecular complexity index is 591. The van der Waals surface area contributed by atoms with E-state index in [4.69, 9.17) is 0 Å². The summed E-state index contributed by atoms with van der Waals surface area (Å²) in [6.45, 7) is 0. The second-order valence-corrected chi connectivity index (χ2v) is 4.25. The monoisotopic (exact) mass is 253 g/mol. The van der Waals surface area contributed by atoms with Crippen molar-refractivity contribution in [3.05, 3.63) is 71.3 Å². The minimum Gasteiger partial charge on any atom is -0.359 e. The minimum absolute atomic E-state index is 0.0284. The summed E-state index contributed by atoms with van der Waals surface area (Å²) >= 11 is 0. The molecular weight excluding hydrogens is 238 g/mol. The standard InChI is InChI=1S/C16H15NO2/c1-17-15(18)11-12-6-5-9-14(10-12)16(19)13-7-3-2-4-8-13/h2-10H,11H2,1H3,(H,17,18). The number of benzene rings is 2. The predicted molar refractivity (Wildman–Crippen MR) is 74.1 cm³/mol. The molecule has 3 heteroatoms. The zero-order valence-electron chi connectivity index (χ0n) is 10.7. The summed E-state index contributed by atoms with van der Waals surface area (Å²) in [5.74, 6) is -0.0938. The van der Waals surface area contributed by atoms with Gasteiger partial charge >= 0.3 is 0 Å². The Balaban J connectivity index is 2.24. The first kappa shape index (κ1) is 13.0. The molecule has 0 saturated heterocycles. The number of amides is 1. The number of nitrogens with one attached hydrogen (secondary N) is 1. The lowest BCUT2D eigenvalue weighted by atomic mass is 10.0. The van der Waals surface area contributed by atoms with E-state index in [1.165, 1.54) is 0 Å². The lowest BCUT2D eigenvalue weighted by Crippen LogP contribution is -2.20. The Morgan fingerprint density at radius 1 is 0.947 bits per heavy atom. The number of carbonyl (C=O) groups is 2. The summed E-state index contributed by atoms with van der Waals surface area (Å²) < 4.78 is 0. The van der Waals surface area contributed by atoms with Crippen molar-refractivity contribution in [3.63, 3.8) is 0 Å². The van der Waals surface area contributed by atoms with E-state index in [2.05, 4.69) is 5.32 Å². The van der Waals surface area contributed by atoms with Crippen molar-refractivity contribution in [2.75, 3.05) is 7.05 Å². The van der Waals surface area contributed by atoms with Gasteiger partial charge in [0.2, 0.25) is 5.91 Å². The second-order valence-electron chi connectivity index (χ2n) is 4.25. The largest absolute Gasteiger partial charge is 0.359 e. The second kappa shape index (κ2) is 5.96. The summed E-state index contributed by atoms with van der Waals surface area (Å²) in [6.07, 6.45) is 0.284. The fourth-order valence-electron chi connectivity index (χ4n) is 1.85. The highest BCUT2D eigenvalue weighted by molar-refractivity contribution is 6.09. The van der Waals surface area contributed by atoms with Gasteiger partial charge in [0.15, 0.2) is 5.78 Å². The van der Waals surface area contributed by atoms with Crippen molar-refractivity contribution in [3.8, 4) is 0 Å². The molecule has 0 fully saturated rings. The molecule has 0 saturated carbocycles. The lowest BCUT2D eigenvalue weighted by Gasteiger charge is -2.04. The van der Waals surface area contributed by atoms with Crippen LogP contribution in [0.1, 0.15) is 21.5 Å². The van der Waals surface area contributed by atoms with Crippen molar-refractivity contribution in [1.29, 1.82) is 0 Å². The molecule has 0 spiro atoms. The molecule has 0 aliphatic rings. The van der Waals surface area contributed by atoms with E-state index in [0.717, 1.165) is 5.56 Å². The molecule has 3 nitrogen and oxygen atoms in total. The summed E-state index contributed by atoms with van der Waals surface area (Å²) in [5, 5.41) is 2.57. The van der Waals surface area contributed by atoms with Crippen LogP contribution in [0.25, 0.3) is 0 Å². The Kier molecular flexibility index (Phi) is 4.08. The van der Waals surface area contributed by atoms with Gasteiger partial charge in [0.1, 0.15) is 0 Å². The van der Waals surface area contributed by atoms with Gasteiger partial charge in [-0.1, -0.05) is 48.5 Å². The lowest BCUT2D eigenvalue weighted by molar-refractivity contribution is -0.119. The Morgan fingerprint density at radius 3 is 2.32 bits per heavy atom. The van der Waals surface area contributed by atoms with Gasteiger partial charge in [-0.15, -0.1) is 0 Å². The zero-order valence-corrected chi connectivity index (χ0v) is 10.7. The van der Waals surface area contributed by atoms with Crippen LogP contribution in [0.2, 0.25) is 0 Å². The topological polar surface area (TPSA) is 46.2 Å². The van der Waals surface area contributed by atoms with E-state index in [-0.39, 0.29) is 18.1 Å². The summed E-state index contributed by atoms with van der Waals surface area (Å²) in [5.41, 5.74) is 2.09. The van der Waals surface area contributed by atoms with Crippen molar-refractivity contribution in [1.82, 2.24) is 5.32 Å². The minimum atomic E-state index is -0.0655. The van der Waals surface area contributed by atoms with Gasteiger partial charge in [0.05, 0.1) is 6.42 Å². The van der Waals surface area contributed by atoms with Gasteiger partial charge in [-0.3, -0.25) is 9.59 Å². The zero-order chi connectivity index (χ0) is 13.7. The van der Waals surface area contributed by atoms with E-state index in [1.54, 1.807) is 37.4 Å². The normalized spacial score (nSPS) is 9.95. The van der Waals surface area contributed by atoms with Crippen LogP contribution in [-0.2, 0) is 11.2 Å². The van der Waals surface area contributed by atoms with Crippen molar-refractivity contribution >= 4 is 11.7 Å². The van der Waals surface area contributed by atoms with Gasteiger partial charge in [-0.05, 0) is 11.6 Å². The molecule has 96 valence electrons. The molecule has 2 rings (SSSR count). The predicted octanol–water partition coefficient (Wildman–Crippen LogP) is 2.21. The van der Waals surface area contributed by atoms with E-state index in [1.807, 2.05) is 24.3 Å². The molecule has 1 amide bonds. The average molecular weight is 253 g/mol. The molecule has 0 aliphatic heterocycles. The molecule has 0 radical (unpaired) electrons. The van der Waals surface area contributed by atoms with Crippen LogP contribution < -0.4 is 5.32 Å². The van der Waals surface area contributed by atoms with Crippen molar-refractivity contribution < 1.29 is 9.59 Å². The molecule has 2 aromatic carbocycles. The first-order valence-corrected chi connectivity index (χ1v) is 6.10. The number of hydrogen-bond acceptors (Lipinski definition) is 2. The quantitative estimate of drug-likeness (QED) is 0.849. The maximum absolute atomic E-state index is 12.3. The van der Waals surface area contributed by atoms with Crippen LogP contribution in [-0.4, -0.2) is 18.7 Å². The van der Waals surface area contributed by atoms with Gasteiger partial charge in [0, 0.05) is 18.2 Å². The number of hydrogen-bond donors (Lipinski definition) is 1. The number of carbonyl (C=O) groups excluding carboxylic acids is 2. The third-order valence-electron chi connectivity index (χ3n) is 2.87. The molecule has 0 unspecified atom stereocenters. The molecule has 0 atom stereocenters. The molecule has 19 heavy (non-hydrogen) atoms. The highest BCUT2D eigenvalue weighted by Crippen LogP contribution is 2.12. The molecule has 1 N–H and O–H groups in total. The fraction of sp³-hybridized carbons (Fsp3) is 0.125. The molecule has 0 aliphatic carbocycles. The molecule has 2 aromatic rings. The van der Waals surface area contributed by atoms with Gasteiger partial charge in [-0.25, -0.2) is 0 Å². The van der Waals surface area contributed by atoms with Gasteiger partial charge in [-0.2, -0.15) is 0 Å². The highest BCUT2D eigenvalue weighted by atomic mass is 16.1. The fourth-order valence-corrected chi connectivity index (χ4v) is 1.85. The highest BCUT2D eigenvalue weighted by Gasteiger charge is 2.09. The van der Waals surface area contributed by atoms with Crippen LogP contribution in [0.3, 0.4) is 0 Å². The van der Waals surface area contributed by atoms with E-state index in [9.17, 15) is 9.59 Å². The van der Waals surface area contributed by atoms with Crippen LogP contribution in [0.5, 0.6) is 0 Å². The number of rotatable bonds is 4. The molecular formula is C16H15NO2. The van der Waals surface area contributed by atoms with E-state index >= 15 is 0 Å². The Morgan fingerprint density at radius 2 is 1.63 bits per heavy atom. The van der Waals surface area contributed by atoms with Crippen molar-refractivity contribution in [2.45, 2.75) is 6.42 Å². The van der Waals surface area contributed by atoms with Crippen LogP contribution in [0.4, 0.5) is 0 Å². The number of ketones is 1.